The number of benzene rings is 1. The molecule has 0 spiro atoms. The predicted octanol–water partition coefficient (Wildman–Crippen LogP) is 3.65. The fraction of sp³-hybridized carbons (Fsp3) is 0.357. The minimum absolute atomic E-state index is 0.307. The van der Waals surface area contributed by atoms with Crippen LogP contribution >= 0.6 is 11.6 Å². The Morgan fingerprint density at radius 3 is 2.33 bits per heavy atom. The number of rotatable bonds is 4. The normalized spacial score (nSPS) is 10.6. The van der Waals surface area contributed by atoms with Gasteiger partial charge in [0, 0.05) is 10.7 Å². The van der Waals surface area contributed by atoms with Crippen LogP contribution in [0.4, 0.5) is 10.5 Å². The van der Waals surface area contributed by atoms with Gasteiger partial charge in [-0.25, -0.2) is 4.79 Å². The van der Waals surface area contributed by atoms with Crippen LogP contribution in [0.15, 0.2) is 24.3 Å². The zero-order chi connectivity index (χ0) is 13.6. The molecule has 0 fully saturated rings. The summed E-state index contributed by atoms with van der Waals surface area (Å²) >= 11 is 5.77. The van der Waals surface area contributed by atoms with Gasteiger partial charge in [0.2, 0.25) is 0 Å². The van der Waals surface area contributed by atoms with Gasteiger partial charge >= 0.3 is 6.03 Å². The third-order valence-electron chi connectivity index (χ3n) is 2.94. The van der Waals surface area contributed by atoms with Crippen molar-refractivity contribution in [3.8, 4) is 12.3 Å². The predicted molar refractivity (Wildman–Crippen MR) is 75.8 cm³/mol. The first kappa shape index (κ1) is 14.4. The Bertz CT molecular complexity index is 444. The highest BCUT2D eigenvalue weighted by atomic mass is 35.5. The quantitative estimate of drug-likeness (QED) is 0.801. The molecule has 0 aromatic heterocycles. The number of nitrogens with one attached hydrogen (secondary N) is 2. The van der Waals surface area contributed by atoms with Gasteiger partial charge in [0.15, 0.2) is 0 Å². The van der Waals surface area contributed by atoms with Crippen LogP contribution in [0.25, 0.3) is 0 Å². The smallest absolute Gasteiger partial charge is 0.320 e. The molecule has 1 aromatic rings. The molecule has 2 N–H and O–H groups in total. The van der Waals surface area contributed by atoms with Crippen molar-refractivity contribution in [2.75, 3.05) is 5.32 Å². The second kappa shape index (κ2) is 6.32. The van der Waals surface area contributed by atoms with Gasteiger partial charge in [-0.05, 0) is 37.1 Å². The van der Waals surface area contributed by atoms with Crippen molar-refractivity contribution in [2.45, 2.75) is 32.2 Å². The molecule has 96 valence electrons. The molecule has 3 nitrogen and oxygen atoms in total. The van der Waals surface area contributed by atoms with E-state index in [-0.39, 0.29) is 6.03 Å². The summed E-state index contributed by atoms with van der Waals surface area (Å²) in [5, 5.41) is 6.17. The standard InChI is InChI=1S/C14H17ClN2O/c1-4-14(5-2,6-3)17-13(18)16-12-9-7-11(15)8-10-12/h1,7-10H,5-6H2,2-3H3,(H2,16,17,18). The molecular weight excluding hydrogens is 248 g/mol. The van der Waals surface area contributed by atoms with E-state index >= 15 is 0 Å². The largest absolute Gasteiger partial charge is 0.322 e. The minimum Gasteiger partial charge on any atom is -0.322 e. The molecule has 1 aromatic carbocycles. The van der Waals surface area contributed by atoms with E-state index in [1.165, 1.54) is 0 Å². The molecule has 0 aliphatic rings. The van der Waals surface area contributed by atoms with Crippen molar-refractivity contribution < 1.29 is 4.79 Å². The van der Waals surface area contributed by atoms with Gasteiger partial charge in [-0.15, -0.1) is 6.42 Å². The van der Waals surface area contributed by atoms with Crippen LogP contribution in [0.2, 0.25) is 5.02 Å². The first-order valence-electron chi connectivity index (χ1n) is 5.87. The number of urea groups is 1. The topological polar surface area (TPSA) is 41.1 Å². The Labute approximate surface area is 113 Å². The average Bonchev–Trinajstić information content (AvgIpc) is 2.39. The summed E-state index contributed by atoms with van der Waals surface area (Å²) in [6.07, 6.45) is 6.86. The number of carbonyl (C=O) groups is 1. The first-order valence-corrected chi connectivity index (χ1v) is 6.25. The maximum atomic E-state index is 11.8. The number of carbonyl (C=O) groups excluding carboxylic acids is 1. The van der Waals surface area contributed by atoms with E-state index in [1.54, 1.807) is 24.3 Å². The van der Waals surface area contributed by atoms with Crippen LogP contribution in [0.3, 0.4) is 0 Å². The monoisotopic (exact) mass is 264 g/mol. The van der Waals surface area contributed by atoms with Crippen molar-refractivity contribution in [3.05, 3.63) is 29.3 Å². The number of halogens is 1. The number of anilines is 1. The van der Waals surface area contributed by atoms with Crippen molar-refractivity contribution in [2.24, 2.45) is 0 Å². The maximum Gasteiger partial charge on any atom is 0.320 e. The van der Waals surface area contributed by atoms with Gasteiger partial charge in [-0.1, -0.05) is 31.4 Å². The molecule has 18 heavy (non-hydrogen) atoms. The highest BCUT2D eigenvalue weighted by molar-refractivity contribution is 6.30. The van der Waals surface area contributed by atoms with E-state index in [2.05, 4.69) is 16.6 Å². The maximum absolute atomic E-state index is 11.8. The molecule has 0 aliphatic carbocycles. The lowest BCUT2D eigenvalue weighted by atomic mass is 9.94. The molecule has 4 heteroatoms. The minimum atomic E-state index is -0.587. The second-order valence-corrected chi connectivity index (χ2v) is 4.46. The summed E-state index contributed by atoms with van der Waals surface area (Å²) in [6.45, 7) is 3.90. The molecule has 0 heterocycles. The van der Waals surface area contributed by atoms with Gasteiger partial charge in [-0.2, -0.15) is 0 Å². The van der Waals surface area contributed by atoms with Crippen LogP contribution in [0.5, 0.6) is 0 Å². The van der Waals surface area contributed by atoms with E-state index < -0.39 is 5.54 Å². The van der Waals surface area contributed by atoms with Gasteiger partial charge in [0.25, 0.3) is 0 Å². The van der Waals surface area contributed by atoms with Gasteiger partial charge in [0.1, 0.15) is 5.54 Å². The van der Waals surface area contributed by atoms with Crippen molar-refractivity contribution >= 4 is 23.3 Å². The lowest BCUT2D eigenvalue weighted by Crippen LogP contribution is -2.48. The molecule has 1 rings (SSSR count). The molecule has 0 radical (unpaired) electrons. The van der Waals surface area contributed by atoms with Crippen molar-refractivity contribution in [1.82, 2.24) is 5.32 Å². The molecule has 0 unspecified atom stereocenters. The van der Waals surface area contributed by atoms with E-state index in [9.17, 15) is 4.79 Å². The Morgan fingerprint density at radius 1 is 1.33 bits per heavy atom. The van der Waals surface area contributed by atoms with Crippen LogP contribution < -0.4 is 10.6 Å². The zero-order valence-electron chi connectivity index (χ0n) is 10.6. The van der Waals surface area contributed by atoms with E-state index in [1.807, 2.05) is 13.8 Å². The molecule has 0 bridgehead atoms. The summed E-state index contributed by atoms with van der Waals surface area (Å²) in [5.74, 6) is 2.65. The van der Waals surface area contributed by atoms with E-state index in [0.717, 1.165) is 0 Å². The van der Waals surface area contributed by atoms with Crippen LogP contribution in [0.1, 0.15) is 26.7 Å². The molecule has 2 amide bonds. The SMILES string of the molecule is C#CC(CC)(CC)NC(=O)Nc1ccc(Cl)cc1. The number of hydrogen-bond donors (Lipinski definition) is 2. The zero-order valence-corrected chi connectivity index (χ0v) is 11.3. The van der Waals surface area contributed by atoms with Gasteiger partial charge in [0.05, 0.1) is 0 Å². The number of terminal acetylenes is 1. The first-order chi connectivity index (χ1) is 8.55. The summed E-state index contributed by atoms with van der Waals surface area (Å²) in [7, 11) is 0. The van der Waals surface area contributed by atoms with E-state index in [4.69, 9.17) is 18.0 Å². The van der Waals surface area contributed by atoms with Crippen molar-refractivity contribution in [3.63, 3.8) is 0 Å². The molecule has 0 saturated carbocycles. The van der Waals surface area contributed by atoms with Crippen LogP contribution in [-0.2, 0) is 0 Å². The highest BCUT2D eigenvalue weighted by Crippen LogP contribution is 2.16. The lowest BCUT2D eigenvalue weighted by Gasteiger charge is -2.27. The summed E-state index contributed by atoms with van der Waals surface area (Å²) in [4.78, 5) is 11.8. The van der Waals surface area contributed by atoms with Crippen LogP contribution in [0, 0.1) is 12.3 Å². The third kappa shape index (κ3) is 3.68. The Balaban J connectivity index is 2.67. The lowest BCUT2D eigenvalue weighted by molar-refractivity contribution is 0.242. The second-order valence-electron chi connectivity index (χ2n) is 4.02. The fourth-order valence-corrected chi connectivity index (χ4v) is 1.71. The van der Waals surface area contributed by atoms with Gasteiger partial charge in [-0.3, -0.25) is 0 Å². The molecule has 0 saturated heterocycles. The fourth-order valence-electron chi connectivity index (χ4n) is 1.58. The molecule has 0 atom stereocenters. The van der Waals surface area contributed by atoms with Crippen molar-refractivity contribution in [1.29, 1.82) is 0 Å². The van der Waals surface area contributed by atoms with Gasteiger partial charge < -0.3 is 10.6 Å². The van der Waals surface area contributed by atoms with E-state index in [0.29, 0.717) is 23.6 Å². The third-order valence-corrected chi connectivity index (χ3v) is 3.19. The summed E-state index contributed by atoms with van der Waals surface area (Å²) in [6, 6.07) is 6.59. The van der Waals surface area contributed by atoms with Crippen LogP contribution in [-0.4, -0.2) is 11.6 Å². The Morgan fingerprint density at radius 2 is 1.89 bits per heavy atom. The Hall–Kier alpha value is -1.66. The average molecular weight is 265 g/mol. The molecular formula is C14H17ClN2O. The molecule has 0 aliphatic heterocycles. The Kier molecular flexibility index (Phi) is 5.06. The number of amides is 2. The summed E-state index contributed by atoms with van der Waals surface area (Å²) < 4.78 is 0. The number of hydrogen-bond acceptors (Lipinski definition) is 1. The highest BCUT2D eigenvalue weighted by Gasteiger charge is 2.25. The summed E-state index contributed by atoms with van der Waals surface area (Å²) in [5.41, 5.74) is 0.0892.